The van der Waals surface area contributed by atoms with E-state index in [0.717, 1.165) is 53.6 Å². The van der Waals surface area contributed by atoms with Gasteiger partial charge in [-0.1, -0.05) is 25.8 Å². The van der Waals surface area contributed by atoms with Crippen molar-refractivity contribution in [2.75, 3.05) is 25.2 Å². The van der Waals surface area contributed by atoms with E-state index in [9.17, 15) is 24.3 Å². The minimum absolute atomic E-state index is 0.00668. The number of nitrogens with zero attached hydrogens (tertiary/aromatic N) is 4. The zero-order valence-corrected chi connectivity index (χ0v) is 34.4. The van der Waals surface area contributed by atoms with Gasteiger partial charge >= 0.3 is 246 Å². The van der Waals surface area contributed by atoms with Crippen LogP contribution in [0, 0.1) is 0 Å². The number of rotatable bonds is 15. The molecule has 0 spiro atoms. The van der Waals surface area contributed by atoms with Crippen molar-refractivity contribution in [2.45, 2.75) is 106 Å². The van der Waals surface area contributed by atoms with Crippen molar-refractivity contribution < 1.29 is 43.2 Å². The summed E-state index contributed by atoms with van der Waals surface area (Å²) < 4.78 is 29.6. The third-order valence-corrected chi connectivity index (χ3v) is 13.2. The molecule has 0 fully saturated rings. The number of aliphatic hydroxyl groups excluding tert-OH is 1. The van der Waals surface area contributed by atoms with E-state index in [4.69, 9.17) is 33.7 Å². The molecule has 0 amide bonds. The van der Waals surface area contributed by atoms with E-state index in [1.165, 1.54) is 7.11 Å². The molecule has 6 rings (SSSR count). The van der Waals surface area contributed by atoms with Gasteiger partial charge in [-0.15, -0.1) is 0 Å². The fourth-order valence-corrected chi connectivity index (χ4v) is 10.0. The van der Waals surface area contributed by atoms with Crippen molar-refractivity contribution in [3.05, 3.63) is 51.3 Å². The molecular weight excluding hydrogens is 805 g/mol. The molecule has 3 aromatic rings. The normalized spacial score (nSPS) is 18.1. The Morgan fingerprint density at radius 1 is 1.17 bits per heavy atom. The Balaban J connectivity index is 1.22. The number of benzene rings is 1. The van der Waals surface area contributed by atoms with Gasteiger partial charge in [0, 0.05) is 6.54 Å². The summed E-state index contributed by atoms with van der Waals surface area (Å²) in [6, 6.07) is 6.73. The van der Waals surface area contributed by atoms with Gasteiger partial charge in [0.15, 0.2) is 0 Å². The SMILES string of the molecule is CCCCCN1C=Nc2cccc3nc4c(c1c23)Cn1c-4cc2c(c1=O)COC(=O)[C@@]2(CC)OC(=O)OC[CH2][Sn][CH2][C@H](NC(O)OC(C)(C)C)C(=O)OC. The van der Waals surface area contributed by atoms with Crippen LogP contribution in [0.1, 0.15) is 77.0 Å². The average molecular weight is 853 g/mol. The summed E-state index contributed by atoms with van der Waals surface area (Å²) in [5, 5.41) is 13.9. The standard InChI is InChI=1S/C29H29N4O6.C9H18NO4.Sn/c1-4-7-8-12-32-16-30-20-10-9-11-21-23(20)25(32)17-14-33-22(24(17)31-21)13-19-18(26(33)34)15-38-27(35)29(19,5-2)39-28(36)37-6-3;1-6(7(11)13-5)10-8(12)14-9(2,3)4;/h9-11,13,16H,3-8,12,14-15H2,1-2H3;6,8,10,12H,1H2,2-5H3;/t29-;6-,8?;/m00./s1. The van der Waals surface area contributed by atoms with Gasteiger partial charge in [-0.05, 0) is 18.6 Å². The number of ether oxygens (including phenoxy) is 5. The first-order valence-corrected chi connectivity index (χ1v) is 22.3. The molecule has 54 heavy (non-hydrogen) atoms. The molecule has 3 aliphatic heterocycles. The molecule has 0 saturated carbocycles. The third kappa shape index (κ3) is 7.86. The van der Waals surface area contributed by atoms with Crippen LogP contribution in [0.15, 0.2) is 34.1 Å². The van der Waals surface area contributed by atoms with Crippen molar-refractivity contribution in [1.29, 1.82) is 0 Å². The summed E-state index contributed by atoms with van der Waals surface area (Å²) in [5.41, 5.74) is 2.15. The number of hydrogen-bond donors (Lipinski definition) is 2. The molecule has 3 aliphatic rings. The Morgan fingerprint density at radius 2 is 1.96 bits per heavy atom. The maximum absolute atomic E-state index is 14.2. The number of nitrogens with one attached hydrogen (secondary N) is 1. The summed E-state index contributed by atoms with van der Waals surface area (Å²) >= 11 is -1.33. The van der Waals surface area contributed by atoms with Crippen LogP contribution in [0.3, 0.4) is 0 Å². The van der Waals surface area contributed by atoms with Crippen LogP contribution < -0.4 is 15.8 Å². The Bertz CT molecular complexity index is 2030. The monoisotopic (exact) mass is 853 g/mol. The van der Waals surface area contributed by atoms with Gasteiger partial charge in [0.1, 0.15) is 0 Å². The molecule has 288 valence electrons. The van der Waals surface area contributed by atoms with Crippen molar-refractivity contribution >= 4 is 67.9 Å². The number of cyclic esters (lactones) is 1. The van der Waals surface area contributed by atoms with E-state index in [0.29, 0.717) is 20.3 Å². The van der Waals surface area contributed by atoms with E-state index < -0.39 is 62.9 Å². The number of carbonyl (C=O) groups excluding carboxylic acids is 3. The van der Waals surface area contributed by atoms with Crippen molar-refractivity contribution in [1.82, 2.24) is 14.9 Å². The van der Waals surface area contributed by atoms with Gasteiger partial charge in [0.2, 0.25) is 0 Å². The first-order chi connectivity index (χ1) is 25.8. The second-order valence-electron chi connectivity index (χ2n) is 14.4. The van der Waals surface area contributed by atoms with E-state index in [2.05, 4.69) is 17.1 Å². The molecule has 5 heterocycles. The molecule has 16 heteroatoms. The van der Waals surface area contributed by atoms with Crippen LogP contribution in [0.5, 0.6) is 0 Å². The summed E-state index contributed by atoms with van der Waals surface area (Å²) in [6.45, 7) is 9.93. The number of pyridine rings is 2. The minimum atomic E-state index is -1.91. The molecule has 0 bridgehead atoms. The predicted molar refractivity (Wildman–Crippen MR) is 201 cm³/mol. The Morgan fingerprint density at radius 3 is 2.69 bits per heavy atom. The Labute approximate surface area is 323 Å². The average Bonchev–Trinajstić information content (AvgIpc) is 3.50. The first kappa shape index (κ1) is 39.6. The molecular formula is C38H47N5O10Sn. The number of fused-ring (bicyclic) bond motifs is 5. The molecule has 1 aromatic carbocycles. The predicted octanol–water partition coefficient (Wildman–Crippen LogP) is 4.67. The van der Waals surface area contributed by atoms with Crippen LogP contribution >= 0.6 is 0 Å². The second-order valence-corrected chi connectivity index (χ2v) is 18.4. The van der Waals surface area contributed by atoms with Gasteiger partial charge < -0.3 is 4.90 Å². The number of aliphatic imine (C=N–C) groups is 1. The topological polar surface area (TPSA) is 180 Å². The van der Waals surface area contributed by atoms with Crippen LogP contribution in [0.4, 0.5) is 16.2 Å². The Hall–Kier alpha value is -4.06. The quantitative estimate of drug-likeness (QED) is 0.0555. The summed E-state index contributed by atoms with van der Waals surface area (Å²) in [5.74, 6) is -1.33. The zero-order chi connectivity index (χ0) is 38.8. The van der Waals surface area contributed by atoms with Crippen LogP contribution in [-0.2, 0) is 52.0 Å². The summed E-state index contributed by atoms with van der Waals surface area (Å²) in [4.78, 5) is 65.2. The second kappa shape index (κ2) is 16.3. The first-order valence-electron chi connectivity index (χ1n) is 18.3. The zero-order valence-electron chi connectivity index (χ0n) is 31.5. The molecule has 1 unspecified atom stereocenters. The van der Waals surface area contributed by atoms with Gasteiger partial charge in [-0.2, -0.15) is 0 Å². The van der Waals surface area contributed by atoms with Crippen molar-refractivity contribution in [3.63, 3.8) is 0 Å². The molecule has 3 atom stereocenters. The van der Waals surface area contributed by atoms with Gasteiger partial charge in [-0.25, -0.2) is 4.99 Å². The molecule has 2 radical (unpaired) electrons. The fraction of sp³-hybridized carbons (Fsp3) is 0.526. The number of unbranched alkanes of at least 4 members (excludes halogenated alkanes) is 2. The number of aliphatic hydroxyl groups is 1. The number of carbonyl (C=O) groups is 3. The van der Waals surface area contributed by atoms with E-state index in [-0.39, 0.29) is 42.9 Å². The molecule has 2 N–H and O–H groups in total. The van der Waals surface area contributed by atoms with Crippen LogP contribution in [0.25, 0.3) is 22.3 Å². The Kier molecular flexibility index (Phi) is 12.0. The summed E-state index contributed by atoms with van der Waals surface area (Å²) in [7, 11) is 1.26. The van der Waals surface area contributed by atoms with Gasteiger partial charge in [0.05, 0.1) is 17.4 Å². The van der Waals surface area contributed by atoms with Crippen LogP contribution in [-0.4, -0.2) is 98.6 Å². The van der Waals surface area contributed by atoms with Crippen molar-refractivity contribution in [2.24, 2.45) is 4.99 Å². The van der Waals surface area contributed by atoms with Gasteiger partial charge in [-0.3, -0.25) is 0 Å². The van der Waals surface area contributed by atoms with Crippen LogP contribution in [0.2, 0.25) is 8.87 Å². The fourth-order valence-electron chi connectivity index (χ4n) is 7.08. The van der Waals surface area contributed by atoms with E-state index >= 15 is 0 Å². The van der Waals surface area contributed by atoms with E-state index in [1.54, 1.807) is 38.3 Å². The van der Waals surface area contributed by atoms with Gasteiger partial charge in [0.25, 0.3) is 0 Å². The maximum atomic E-state index is 14.2. The number of methoxy groups -OCH3 is 1. The molecule has 15 nitrogen and oxygen atoms in total. The van der Waals surface area contributed by atoms with Crippen molar-refractivity contribution in [3.8, 4) is 11.4 Å². The number of aromatic nitrogens is 2. The number of anilines is 1. The third-order valence-electron chi connectivity index (χ3n) is 9.66. The van der Waals surface area contributed by atoms with E-state index in [1.807, 2.05) is 24.5 Å². The number of esters is 2. The number of hydrogen-bond acceptors (Lipinski definition) is 14. The summed E-state index contributed by atoms with van der Waals surface area (Å²) in [6.07, 6.45) is 2.50. The molecule has 0 saturated heterocycles. The molecule has 0 aliphatic carbocycles. The molecule has 2 aromatic heterocycles.